The molecular weight excluding hydrogens is 120 g/mol. The summed E-state index contributed by atoms with van der Waals surface area (Å²) >= 11 is 0. The molecule has 0 bridgehead atoms. The molecule has 1 aliphatic carbocycles. The smallest absolute Gasteiger partial charge is 0.0386 e. The summed E-state index contributed by atoms with van der Waals surface area (Å²) in [5.74, 6) is 1.87. The van der Waals surface area contributed by atoms with Crippen LogP contribution in [0.1, 0.15) is 46.0 Å². The average molecular weight is 139 g/mol. The Labute approximate surface area is 65.0 Å². The van der Waals surface area contributed by atoms with E-state index in [1.807, 2.05) is 0 Å². The summed E-state index contributed by atoms with van der Waals surface area (Å²) in [5, 5.41) is 0. The quantitative estimate of drug-likeness (QED) is 0.550. The van der Waals surface area contributed by atoms with Crippen LogP contribution in [0.4, 0.5) is 0 Å². The molecule has 1 radical (unpaired) electrons. The third-order valence-electron chi connectivity index (χ3n) is 2.92. The molecule has 0 heteroatoms. The maximum atomic E-state index is 2.36. The van der Waals surface area contributed by atoms with Crippen LogP contribution in [-0.2, 0) is 0 Å². The lowest BCUT2D eigenvalue weighted by Crippen LogP contribution is -2.14. The molecule has 0 spiro atoms. The molecule has 0 heterocycles. The fraction of sp³-hybridized carbons (Fsp3) is 0.900. The monoisotopic (exact) mass is 139 g/mol. The minimum absolute atomic E-state index is 0.861. The summed E-state index contributed by atoms with van der Waals surface area (Å²) in [4.78, 5) is 0. The molecule has 0 saturated heterocycles. The van der Waals surface area contributed by atoms with E-state index in [0.29, 0.717) is 0 Å². The molecule has 0 amide bonds. The predicted molar refractivity (Wildman–Crippen MR) is 45.7 cm³/mol. The number of hydrogen-bond donors (Lipinski definition) is 0. The Balaban J connectivity index is 2.24. The van der Waals surface area contributed by atoms with Gasteiger partial charge < -0.3 is 0 Å². The molecule has 1 atom stereocenters. The Kier molecular flexibility index (Phi) is 3.24. The Morgan fingerprint density at radius 2 is 1.80 bits per heavy atom. The van der Waals surface area contributed by atoms with Gasteiger partial charge in [-0.05, 0) is 18.3 Å². The highest BCUT2D eigenvalue weighted by Crippen LogP contribution is 2.30. The third kappa shape index (κ3) is 2.00. The first-order chi connectivity index (χ1) is 4.84. The lowest BCUT2D eigenvalue weighted by Gasteiger charge is -2.26. The normalized spacial score (nSPS) is 24.6. The maximum absolute atomic E-state index is 2.36. The van der Waals surface area contributed by atoms with Crippen LogP contribution in [0, 0.1) is 18.3 Å². The van der Waals surface area contributed by atoms with Crippen LogP contribution in [0.25, 0.3) is 0 Å². The fourth-order valence-corrected chi connectivity index (χ4v) is 1.93. The maximum Gasteiger partial charge on any atom is -0.0386 e. The van der Waals surface area contributed by atoms with E-state index in [-0.39, 0.29) is 0 Å². The van der Waals surface area contributed by atoms with Crippen molar-refractivity contribution in [1.82, 2.24) is 0 Å². The van der Waals surface area contributed by atoms with Gasteiger partial charge in [-0.1, -0.05) is 46.0 Å². The fourth-order valence-electron chi connectivity index (χ4n) is 1.93. The Bertz CT molecular complexity index is 80.0. The summed E-state index contributed by atoms with van der Waals surface area (Å²) in [6.07, 6.45) is 9.74. The summed E-state index contributed by atoms with van der Waals surface area (Å²) in [7, 11) is 0. The standard InChI is InChI=1S/C10H19/c1-3-9(2)10-7-5-4-6-8-10/h3,9-10H,4-8H2,1-2H3. The van der Waals surface area contributed by atoms with E-state index in [9.17, 15) is 0 Å². The van der Waals surface area contributed by atoms with E-state index in [1.54, 1.807) is 0 Å². The van der Waals surface area contributed by atoms with Gasteiger partial charge in [-0.25, -0.2) is 0 Å². The predicted octanol–water partition coefficient (Wildman–Crippen LogP) is 3.43. The highest BCUT2D eigenvalue weighted by Gasteiger charge is 2.17. The van der Waals surface area contributed by atoms with Gasteiger partial charge in [-0.2, -0.15) is 0 Å². The van der Waals surface area contributed by atoms with Gasteiger partial charge in [0.2, 0.25) is 0 Å². The van der Waals surface area contributed by atoms with Gasteiger partial charge in [0.1, 0.15) is 0 Å². The van der Waals surface area contributed by atoms with Crippen molar-refractivity contribution in [2.24, 2.45) is 11.8 Å². The van der Waals surface area contributed by atoms with Crippen LogP contribution in [0.2, 0.25) is 0 Å². The molecule has 1 saturated carbocycles. The van der Waals surface area contributed by atoms with Crippen LogP contribution < -0.4 is 0 Å². The molecule has 0 N–H and O–H groups in total. The van der Waals surface area contributed by atoms with Crippen molar-refractivity contribution in [2.45, 2.75) is 46.0 Å². The molecule has 0 aromatic rings. The van der Waals surface area contributed by atoms with E-state index in [0.717, 1.165) is 11.8 Å². The van der Waals surface area contributed by atoms with Crippen LogP contribution in [0.15, 0.2) is 0 Å². The third-order valence-corrected chi connectivity index (χ3v) is 2.92. The molecule has 59 valence electrons. The van der Waals surface area contributed by atoms with Gasteiger partial charge in [0.05, 0.1) is 0 Å². The first-order valence-corrected chi connectivity index (χ1v) is 4.64. The second-order valence-corrected chi connectivity index (χ2v) is 3.59. The minimum Gasteiger partial charge on any atom is -0.0620 e. The first-order valence-electron chi connectivity index (χ1n) is 4.64. The van der Waals surface area contributed by atoms with Crippen LogP contribution in [0.5, 0.6) is 0 Å². The van der Waals surface area contributed by atoms with Gasteiger partial charge in [0.15, 0.2) is 0 Å². The van der Waals surface area contributed by atoms with Gasteiger partial charge in [-0.3, -0.25) is 0 Å². The van der Waals surface area contributed by atoms with Gasteiger partial charge in [0, 0.05) is 0 Å². The SMILES string of the molecule is C[CH]C(C)C1CCCCC1. The Hall–Kier alpha value is 0. The Morgan fingerprint density at radius 1 is 1.20 bits per heavy atom. The summed E-state index contributed by atoms with van der Waals surface area (Å²) in [5.41, 5.74) is 0. The molecule has 1 fully saturated rings. The van der Waals surface area contributed by atoms with Gasteiger partial charge >= 0.3 is 0 Å². The highest BCUT2D eigenvalue weighted by molar-refractivity contribution is 4.77. The van der Waals surface area contributed by atoms with E-state index in [4.69, 9.17) is 0 Å². The summed E-state index contributed by atoms with van der Waals surface area (Å²) in [6, 6.07) is 0. The average Bonchev–Trinajstić information content (AvgIpc) is 2.05. The van der Waals surface area contributed by atoms with Crippen LogP contribution in [0.3, 0.4) is 0 Å². The van der Waals surface area contributed by atoms with E-state index in [1.165, 1.54) is 32.1 Å². The zero-order valence-electron chi connectivity index (χ0n) is 7.27. The molecule has 0 nitrogen and oxygen atoms in total. The lowest BCUT2D eigenvalue weighted by atomic mass is 9.80. The molecule has 0 aliphatic heterocycles. The molecule has 1 unspecified atom stereocenters. The molecule has 10 heavy (non-hydrogen) atoms. The largest absolute Gasteiger partial charge is 0.0620 e. The molecule has 1 rings (SSSR count). The van der Waals surface area contributed by atoms with Crippen molar-refractivity contribution >= 4 is 0 Å². The van der Waals surface area contributed by atoms with Crippen LogP contribution in [-0.4, -0.2) is 0 Å². The minimum atomic E-state index is 0.861. The van der Waals surface area contributed by atoms with Crippen LogP contribution >= 0.6 is 0 Å². The van der Waals surface area contributed by atoms with E-state index >= 15 is 0 Å². The molecule has 0 aromatic heterocycles. The van der Waals surface area contributed by atoms with Crippen molar-refractivity contribution in [3.63, 3.8) is 0 Å². The van der Waals surface area contributed by atoms with E-state index in [2.05, 4.69) is 20.3 Å². The second kappa shape index (κ2) is 4.00. The van der Waals surface area contributed by atoms with Crippen molar-refractivity contribution in [1.29, 1.82) is 0 Å². The second-order valence-electron chi connectivity index (χ2n) is 3.59. The molecule has 0 aromatic carbocycles. The first kappa shape index (κ1) is 8.10. The zero-order chi connectivity index (χ0) is 7.40. The Morgan fingerprint density at radius 3 is 2.30 bits per heavy atom. The molecular formula is C10H19. The van der Waals surface area contributed by atoms with Gasteiger partial charge in [0.25, 0.3) is 0 Å². The number of hydrogen-bond acceptors (Lipinski definition) is 0. The van der Waals surface area contributed by atoms with Crippen molar-refractivity contribution < 1.29 is 0 Å². The summed E-state index contributed by atoms with van der Waals surface area (Å²) in [6.45, 7) is 4.55. The lowest BCUT2D eigenvalue weighted by molar-refractivity contribution is 0.288. The summed E-state index contributed by atoms with van der Waals surface area (Å²) < 4.78 is 0. The van der Waals surface area contributed by atoms with E-state index < -0.39 is 0 Å². The van der Waals surface area contributed by atoms with Crippen molar-refractivity contribution in [3.8, 4) is 0 Å². The molecule has 1 aliphatic rings. The number of rotatable bonds is 2. The van der Waals surface area contributed by atoms with Crippen molar-refractivity contribution in [2.75, 3.05) is 0 Å². The topological polar surface area (TPSA) is 0 Å². The van der Waals surface area contributed by atoms with Crippen molar-refractivity contribution in [3.05, 3.63) is 6.42 Å². The highest BCUT2D eigenvalue weighted by atomic mass is 14.2. The zero-order valence-corrected chi connectivity index (χ0v) is 7.27. The van der Waals surface area contributed by atoms with Gasteiger partial charge in [-0.15, -0.1) is 0 Å².